The van der Waals surface area contributed by atoms with Gasteiger partial charge >= 0.3 is 5.82 Å². The van der Waals surface area contributed by atoms with Crippen LogP contribution in [-0.4, -0.2) is 26.1 Å². The first-order valence-corrected chi connectivity index (χ1v) is 5.62. The topological polar surface area (TPSA) is 61.0 Å². The van der Waals surface area contributed by atoms with Gasteiger partial charge in [0.2, 0.25) is 5.82 Å². The van der Waals surface area contributed by atoms with Crippen molar-refractivity contribution in [1.82, 2.24) is 9.55 Å². The standard InChI is InChI=1S/C7H9N3O2S2/c1-9-5(3-13)7(10(11)12)8-6(9)4-14-2/h3H,4H2,1-2H3. The van der Waals surface area contributed by atoms with E-state index in [1.807, 2.05) is 6.26 Å². The summed E-state index contributed by atoms with van der Waals surface area (Å²) in [6, 6.07) is 0. The molecule has 0 atom stereocenters. The van der Waals surface area contributed by atoms with Crippen LogP contribution in [0.2, 0.25) is 0 Å². The fourth-order valence-corrected chi connectivity index (χ4v) is 1.85. The van der Waals surface area contributed by atoms with Crippen LogP contribution in [0.1, 0.15) is 11.5 Å². The van der Waals surface area contributed by atoms with Crippen molar-refractivity contribution in [3.05, 3.63) is 21.6 Å². The number of hydrogen-bond acceptors (Lipinski definition) is 5. The van der Waals surface area contributed by atoms with Crippen LogP contribution in [0.4, 0.5) is 5.82 Å². The predicted molar refractivity (Wildman–Crippen MR) is 59.8 cm³/mol. The molecule has 0 radical (unpaired) electrons. The Morgan fingerprint density at radius 3 is 2.79 bits per heavy atom. The number of rotatable bonds is 4. The van der Waals surface area contributed by atoms with Gasteiger partial charge in [0.1, 0.15) is 0 Å². The normalized spacial score (nSPS) is 10.1. The zero-order chi connectivity index (χ0) is 10.7. The van der Waals surface area contributed by atoms with E-state index in [1.54, 1.807) is 23.4 Å². The summed E-state index contributed by atoms with van der Waals surface area (Å²) in [6.07, 6.45) is 1.91. The number of thioether (sulfide) groups is 1. The van der Waals surface area contributed by atoms with Gasteiger partial charge < -0.3 is 14.7 Å². The average Bonchev–Trinajstić information content (AvgIpc) is 2.44. The minimum Gasteiger partial charge on any atom is -0.358 e. The van der Waals surface area contributed by atoms with Crippen molar-refractivity contribution in [3.63, 3.8) is 0 Å². The van der Waals surface area contributed by atoms with Gasteiger partial charge in [-0.05, 0) is 16.2 Å². The van der Waals surface area contributed by atoms with Gasteiger partial charge in [0.25, 0.3) is 0 Å². The molecule has 0 saturated carbocycles. The van der Waals surface area contributed by atoms with E-state index < -0.39 is 4.92 Å². The Kier molecular flexibility index (Phi) is 3.59. The highest BCUT2D eigenvalue weighted by Gasteiger charge is 2.23. The molecule has 1 aromatic rings. The third-order valence-corrected chi connectivity index (χ3v) is 2.54. The second kappa shape index (κ2) is 4.52. The molecule has 0 unspecified atom stereocenters. The van der Waals surface area contributed by atoms with Gasteiger partial charge in [-0.2, -0.15) is 11.8 Å². The number of thiocarbonyl (C=S) groups is 1. The molecular formula is C7H9N3O2S2. The maximum atomic E-state index is 10.6. The van der Waals surface area contributed by atoms with E-state index in [2.05, 4.69) is 4.98 Å². The third kappa shape index (κ3) is 1.93. The van der Waals surface area contributed by atoms with Crippen LogP contribution >= 0.6 is 24.0 Å². The molecule has 0 bridgehead atoms. The van der Waals surface area contributed by atoms with Gasteiger partial charge in [0.05, 0.1) is 5.75 Å². The highest BCUT2D eigenvalue weighted by Crippen LogP contribution is 2.19. The number of aromatic nitrogens is 2. The highest BCUT2D eigenvalue weighted by atomic mass is 32.2. The van der Waals surface area contributed by atoms with E-state index >= 15 is 0 Å². The van der Waals surface area contributed by atoms with Crippen molar-refractivity contribution >= 4 is 35.2 Å². The summed E-state index contributed by atoms with van der Waals surface area (Å²) in [5.41, 5.74) is 0.383. The summed E-state index contributed by atoms with van der Waals surface area (Å²) in [5.74, 6) is 1.15. The van der Waals surface area contributed by atoms with Crippen molar-refractivity contribution in [2.75, 3.05) is 6.26 Å². The molecule has 7 heteroatoms. The lowest BCUT2D eigenvalue weighted by Crippen LogP contribution is -2.00. The van der Waals surface area contributed by atoms with Crippen LogP contribution in [0.15, 0.2) is 0 Å². The van der Waals surface area contributed by atoms with Crippen molar-refractivity contribution in [2.24, 2.45) is 7.05 Å². The zero-order valence-electron chi connectivity index (χ0n) is 7.76. The Morgan fingerprint density at radius 2 is 2.43 bits per heavy atom. The van der Waals surface area contributed by atoms with Crippen LogP contribution in [0.3, 0.4) is 0 Å². The summed E-state index contributed by atoms with van der Waals surface area (Å²) in [5, 5.41) is 11.9. The lowest BCUT2D eigenvalue weighted by Gasteiger charge is -1.95. The minimum atomic E-state index is -0.512. The molecule has 0 aliphatic carbocycles. The summed E-state index contributed by atoms with van der Waals surface area (Å²) in [7, 11) is 1.73. The maximum Gasteiger partial charge on any atom is 0.390 e. The first-order valence-electron chi connectivity index (χ1n) is 3.76. The summed E-state index contributed by atoms with van der Waals surface area (Å²) in [4.78, 5) is 14.0. The van der Waals surface area contributed by atoms with E-state index in [9.17, 15) is 10.1 Å². The fourth-order valence-electron chi connectivity index (χ4n) is 1.07. The largest absolute Gasteiger partial charge is 0.390 e. The molecule has 0 aliphatic heterocycles. The molecule has 0 N–H and O–H groups in total. The molecule has 14 heavy (non-hydrogen) atoms. The Labute approximate surface area is 90.7 Å². The van der Waals surface area contributed by atoms with Crippen molar-refractivity contribution in [3.8, 4) is 0 Å². The van der Waals surface area contributed by atoms with E-state index in [4.69, 9.17) is 12.2 Å². The van der Waals surface area contributed by atoms with Crippen LogP contribution in [-0.2, 0) is 12.8 Å². The minimum absolute atomic E-state index is 0.161. The highest BCUT2D eigenvalue weighted by molar-refractivity contribution is 7.97. The predicted octanol–water partition coefficient (Wildman–Crippen LogP) is 1.54. The Morgan fingerprint density at radius 1 is 1.79 bits per heavy atom. The Balaban J connectivity index is 3.24. The molecule has 0 aromatic carbocycles. The second-order valence-electron chi connectivity index (χ2n) is 2.60. The first-order chi connectivity index (χ1) is 6.61. The molecule has 1 heterocycles. The molecule has 1 rings (SSSR count). The number of imidazole rings is 1. The molecule has 5 nitrogen and oxygen atoms in total. The van der Waals surface area contributed by atoms with E-state index in [0.29, 0.717) is 17.3 Å². The van der Waals surface area contributed by atoms with Crippen molar-refractivity contribution in [2.45, 2.75) is 5.75 Å². The molecular weight excluding hydrogens is 222 g/mol. The zero-order valence-corrected chi connectivity index (χ0v) is 9.39. The second-order valence-corrected chi connectivity index (χ2v) is 3.71. The summed E-state index contributed by atoms with van der Waals surface area (Å²) in [6.45, 7) is 0. The quantitative estimate of drug-likeness (QED) is 0.447. The smallest absolute Gasteiger partial charge is 0.358 e. The van der Waals surface area contributed by atoms with Crippen LogP contribution in [0, 0.1) is 10.1 Å². The Hall–Kier alpha value is -0.950. The monoisotopic (exact) mass is 231 g/mol. The summed E-state index contributed by atoms with van der Waals surface area (Å²) < 4.78 is 1.65. The van der Waals surface area contributed by atoms with E-state index in [-0.39, 0.29) is 5.82 Å². The molecule has 1 aromatic heterocycles. The summed E-state index contributed by atoms with van der Waals surface area (Å²) >= 11 is 6.27. The maximum absolute atomic E-state index is 10.6. The molecule has 0 amide bonds. The number of hydrogen-bond donors (Lipinski definition) is 0. The average molecular weight is 231 g/mol. The van der Waals surface area contributed by atoms with Crippen LogP contribution in [0.5, 0.6) is 0 Å². The van der Waals surface area contributed by atoms with Gasteiger partial charge in [-0.25, -0.2) is 0 Å². The van der Waals surface area contributed by atoms with Crippen LogP contribution < -0.4 is 0 Å². The molecule has 76 valence electrons. The Bertz CT molecular complexity index is 375. The molecule has 0 spiro atoms. The van der Waals surface area contributed by atoms with Gasteiger partial charge in [0.15, 0.2) is 5.69 Å². The molecule has 0 fully saturated rings. The third-order valence-electron chi connectivity index (χ3n) is 1.77. The van der Waals surface area contributed by atoms with Gasteiger partial charge in [-0.1, -0.05) is 12.2 Å². The van der Waals surface area contributed by atoms with Gasteiger partial charge in [-0.15, -0.1) is 0 Å². The van der Waals surface area contributed by atoms with Crippen molar-refractivity contribution < 1.29 is 4.92 Å². The van der Waals surface area contributed by atoms with E-state index in [1.165, 1.54) is 5.37 Å². The first kappa shape index (κ1) is 11.1. The van der Waals surface area contributed by atoms with Gasteiger partial charge in [0, 0.05) is 12.4 Å². The number of nitro groups is 1. The van der Waals surface area contributed by atoms with Crippen molar-refractivity contribution in [1.29, 1.82) is 0 Å². The SMILES string of the molecule is CSCc1nc([N+](=O)[O-])c(C=S)n1C. The van der Waals surface area contributed by atoms with E-state index in [0.717, 1.165) is 0 Å². The van der Waals surface area contributed by atoms with Crippen LogP contribution in [0.25, 0.3) is 0 Å². The molecule has 0 aliphatic rings. The lowest BCUT2D eigenvalue weighted by atomic mass is 10.5. The molecule has 0 saturated heterocycles. The lowest BCUT2D eigenvalue weighted by molar-refractivity contribution is -0.389. The fraction of sp³-hybridized carbons (Fsp3) is 0.429. The number of nitrogens with zero attached hydrogens (tertiary/aromatic N) is 3. The van der Waals surface area contributed by atoms with Gasteiger partial charge in [-0.3, -0.25) is 0 Å².